The summed E-state index contributed by atoms with van der Waals surface area (Å²) >= 11 is 0. The monoisotopic (exact) mass is 263 g/mol. The van der Waals surface area contributed by atoms with Crippen LogP contribution in [-0.2, 0) is 14.4 Å². The van der Waals surface area contributed by atoms with Crippen LogP contribution in [0.1, 0.15) is 48.0 Å². The molecule has 0 saturated carbocycles. The number of rotatable bonds is 4. The molecule has 0 aliphatic heterocycles. The van der Waals surface area contributed by atoms with Crippen LogP contribution < -0.4 is 0 Å². The van der Waals surface area contributed by atoms with Gasteiger partial charge in [0, 0.05) is 4.91 Å². The van der Waals surface area contributed by atoms with E-state index in [1.54, 1.807) is 0 Å². The average Bonchev–Trinajstić information content (AvgIpc) is 2.08. The fourth-order valence-corrected chi connectivity index (χ4v) is 3.31. The molecule has 0 aromatic rings. The molecular weight excluding hydrogens is 242 g/mol. The normalized spacial score (nSPS) is 14.9. The Balaban J connectivity index is 5.27. The molecule has 0 spiro atoms. The van der Waals surface area contributed by atoms with Crippen molar-refractivity contribution in [2.45, 2.75) is 53.2 Å². The molecule has 7 heteroatoms. The standard InChI is InChI=1S/C10H21N3O3S/c1-9(2,3)7-8(10(4,5)6)17(14,15)16-13-12-11/h8H,7H2,1-6H3. The maximum Gasteiger partial charge on any atom is 0.318 e. The first-order valence-corrected chi connectivity index (χ1v) is 6.84. The lowest BCUT2D eigenvalue weighted by atomic mass is 9.81. The highest BCUT2D eigenvalue weighted by molar-refractivity contribution is 7.87. The second kappa shape index (κ2) is 5.14. The minimum Gasteiger partial charge on any atom is -0.310 e. The fraction of sp³-hybridized carbons (Fsp3) is 1.00. The van der Waals surface area contributed by atoms with Crippen LogP contribution >= 0.6 is 0 Å². The minimum absolute atomic E-state index is 0.162. The van der Waals surface area contributed by atoms with Crippen molar-refractivity contribution in [1.29, 1.82) is 0 Å². The zero-order valence-electron chi connectivity index (χ0n) is 11.3. The number of hydrogen-bond donors (Lipinski definition) is 0. The van der Waals surface area contributed by atoms with Crippen LogP contribution in [0.15, 0.2) is 5.28 Å². The largest absolute Gasteiger partial charge is 0.318 e. The number of nitrogens with zero attached hydrogens (tertiary/aromatic N) is 3. The van der Waals surface area contributed by atoms with Gasteiger partial charge in [-0.05, 0) is 22.8 Å². The zero-order chi connectivity index (χ0) is 13.9. The van der Waals surface area contributed by atoms with E-state index >= 15 is 0 Å². The Labute approximate surface area is 103 Å². The van der Waals surface area contributed by atoms with E-state index < -0.39 is 20.8 Å². The first-order chi connectivity index (χ1) is 7.40. The van der Waals surface area contributed by atoms with Crippen LogP contribution in [0.25, 0.3) is 10.4 Å². The summed E-state index contributed by atoms with van der Waals surface area (Å²) < 4.78 is 28.1. The topological polar surface area (TPSA) is 92.1 Å². The van der Waals surface area contributed by atoms with Crippen molar-refractivity contribution in [2.75, 3.05) is 0 Å². The Kier molecular flexibility index (Phi) is 4.86. The van der Waals surface area contributed by atoms with Gasteiger partial charge < -0.3 is 4.28 Å². The van der Waals surface area contributed by atoms with Gasteiger partial charge in [0.1, 0.15) is 10.5 Å². The lowest BCUT2D eigenvalue weighted by molar-refractivity contribution is 0.244. The molecule has 0 rings (SSSR count). The van der Waals surface area contributed by atoms with Crippen LogP contribution in [0.5, 0.6) is 0 Å². The van der Waals surface area contributed by atoms with Crippen LogP contribution in [0, 0.1) is 10.8 Å². The maximum atomic E-state index is 11.9. The molecule has 0 aromatic carbocycles. The first kappa shape index (κ1) is 16.1. The van der Waals surface area contributed by atoms with Crippen molar-refractivity contribution in [3.8, 4) is 0 Å². The van der Waals surface area contributed by atoms with Crippen LogP contribution in [0.2, 0.25) is 0 Å². The van der Waals surface area contributed by atoms with Gasteiger partial charge in [0.2, 0.25) is 0 Å². The summed E-state index contributed by atoms with van der Waals surface area (Å²) in [5.74, 6) is 0. The summed E-state index contributed by atoms with van der Waals surface area (Å²) in [6, 6.07) is 0. The van der Waals surface area contributed by atoms with Crippen molar-refractivity contribution in [2.24, 2.45) is 16.1 Å². The summed E-state index contributed by atoms with van der Waals surface area (Å²) in [6.07, 6.45) is 0.430. The quantitative estimate of drug-likeness (QED) is 0.336. The van der Waals surface area contributed by atoms with Gasteiger partial charge in [-0.3, -0.25) is 0 Å². The molecule has 1 atom stereocenters. The van der Waals surface area contributed by atoms with Gasteiger partial charge in [0.05, 0.1) is 0 Å². The predicted octanol–water partition coefficient (Wildman–Crippen LogP) is 3.41. The first-order valence-electron chi connectivity index (χ1n) is 5.37. The molecule has 6 nitrogen and oxygen atoms in total. The van der Waals surface area contributed by atoms with Crippen LogP contribution in [0.4, 0.5) is 0 Å². The van der Waals surface area contributed by atoms with E-state index in [1.165, 1.54) is 0 Å². The molecule has 0 heterocycles. The Morgan fingerprint density at radius 2 is 1.71 bits per heavy atom. The van der Waals surface area contributed by atoms with E-state index in [2.05, 4.69) is 14.5 Å². The Bertz CT molecular complexity index is 397. The van der Waals surface area contributed by atoms with Crippen molar-refractivity contribution in [3.63, 3.8) is 0 Å². The Morgan fingerprint density at radius 3 is 2.00 bits per heavy atom. The summed E-state index contributed by atoms with van der Waals surface area (Å²) in [5.41, 5.74) is 7.46. The zero-order valence-corrected chi connectivity index (χ0v) is 12.1. The molecule has 1 unspecified atom stereocenters. The lowest BCUT2D eigenvalue weighted by Crippen LogP contribution is -2.38. The maximum absolute atomic E-state index is 11.9. The molecule has 0 bridgehead atoms. The highest BCUT2D eigenvalue weighted by Gasteiger charge is 2.40. The SMILES string of the molecule is CC(C)(C)CC(C(C)(C)C)S(=O)(=O)ON=[N+]=[N-]. The molecule has 0 saturated heterocycles. The smallest absolute Gasteiger partial charge is 0.310 e. The number of azide groups is 1. The van der Waals surface area contributed by atoms with E-state index in [1.807, 2.05) is 41.5 Å². The highest BCUT2D eigenvalue weighted by Crippen LogP contribution is 2.36. The van der Waals surface area contributed by atoms with E-state index in [0.29, 0.717) is 6.42 Å². The molecule has 17 heavy (non-hydrogen) atoms. The van der Waals surface area contributed by atoms with Gasteiger partial charge in [-0.15, -0.1) is 0 Å². The molecule has 0 aliphatic rings. The van der Waals surface area contributed by atoms with Gasteiger partial charge in [-0.25, -0.2) is 0 Å². The van der Waals surface area contributed by atoms with Gasteiger partial charge >= 0.3 is 10.1 Å². The molecule has 0 N–H and O–H groups in total. The van der Waals surface area contributed by atoms with E-state index in [9.17, 15) is 8.42 Å². The summed E-state index contributed by atoms with van der Waals surface area (Å²) in [5, 5.41) is 1.98. The Hall–Kier alpha value is -0.940. The van der Waals surface area contributed by atoms with Crippen molar-refractivity contribution in [3.05, 3.63) is 10.4 Å². The molecule has 0 radical (unpaired) electrons. The molecule has 0 fully saturated rings. The van der Waals surface area contributed by atoms with Gasteiger partial charge in [-0.2, -0.15) is 8.42 Å². The van der Waals surface area contributed by atoms with Crippen molar-refractivity contribution in [1.82, 2.24) is 0 Å². The minimum atomic E-state index is -3.90. The van der Waals surface area contributed by atoms with Gasteiger partial charge in [-0.1, -0.05) is 41.5 Å². The molecule has 100 valence electrons. The Morgan fingerprint density at radius 1 is 1.24 bits per heavy atom. The average molecular weight is 263 g/mol. The summed E-state index contributed by atoms with van der Waals surface area (Å²) in [7, 11) is -3.90. The van der Waals surface area contributed by atoms with E-state index in [4.69, 9.17) is 5.53 Å². The van der Waals surface area contributed by atoms with Gasteiger partial charge in [0.25, 0.3) is 0 Å². The van der Waals surface area contributed by atoms with E-state index in [-0.39, 0.29) is 5.41 Å². The third-order valence-electron chi connectivity index (χ3n) is 2.29. The van der Waals surface area contributed by atoms with E-state index in [0.717, 1.165) is 0 Å². The van der Waals surface area contributed by atoms with Crippen molar-refractivity contribution < 1.29 is 12.7 Å². The van der Waals surface area contributed by atoms with Gasteiger partial charge in [0.15, 0.2) is 0 Å². The third-order valence-corrected chi connectivity index (χ3v) is 4.13. The second-order valence-corrected chi connectivity index (χ2v) is 8.06. The highest BCUT2D eigenvalue weighted by atomic mass is 32.2. The third kappa shape index (κ3) is 5.79. The number of hydrogen-bond acceptors (Lipinski definition) is 4. The molecule has 0 aromatic heterocycles. The lowest BCUT2D eigenvalue weighted by Gasteiger charge is -2.33. The summed E-state index contributed by atoms with van der Waals surface area (Å²) in [6.45, 7) is 11.3. The molecule has 0 amide bonds. The summed E-state index contributed by atoms with van der Waals surface area (Å²) in [4.78, 5) is 2.31. The predicted molar refractivity (Wildman–Crippen MR) is 66.5 cm³/mol. The fourth-order valence-electron chi connectivity index (χ4n) is 1.51. The molecular formula is C10H21N3O3S. The van der Waals surface area contributed by atoms with Crippen molar-refractivity contribution >= 4 is 10.1 Å². The second-order valence-electron chi connectivity index (χ2n) is 6.36. The molecule has 0 aliphatic carbocycles. The van der Waals surface area contributed by atoms with Crippen LogP contribution in [0.3, 0.4) is 0 Å². The van der Waals surface area contributed by atoms with Crippen LogP contribution in [-0.4, -0.2) is 13.7 Å².